The molecule has 0 amide bonds. The van der Waals surface area contributed by atoms with E-state index in [1.165, 1.54) is 0 Å². The molecule has 1 N–H and O–H groups in total. The van der Waals surface area contributed by atoms with Crippen LogP contribution in [-0.2, 0) is 13.1 Å². The topological polar surface area (TPSA) is 56.5 Å². The van der Waals surface area contributed by atoms with Crippen LogP contribution >= 0.6 is 0 Å². The fourth-order valence-electron chi connectivity index (χ4n) is 1.98. The van der Waals surface area contributed by atoms with Crippen LogP contribution in [0.15, 0.2) is 35.0 Å². The van der Waals surface area contributed by atoms with Crippen molar-refractivity contribution in [3.8, 4) is 11.5 Å². The Hall–Kier alpha value is -2.01. The molecule has 1 aliphatic heterocycles. The number of rotatable bonds is 4. The molecule has 100 valence electrons. The molecule has 0 unspecified atom stereocenters. The molecule has 0 aliphatic carbocycles. The average Bonchev–Trinajstić information content (AvgIpc) is 2.83. The summed E-state index contributed by atoms with van der Waals surface area (Å²) in [4.78, 5) is 0. The van der Waals surface area contributed by atoms with E-state index in [-0.39, 0.29) is 0 Å². The van der Waals surface area contributed by atoms with E-state index in [2.05, 4.69) is 10.5 Å². The second-order valence-electron chi connectivity index (χ2n) is 4.41. The van der Waals surface area contributed by atoms with Crippen LogP contribution < -0.4 is 14.8 Å². The number of ether oxygens (including phenoxy) is 2. The Kier molecular flexibility index (Phi) is 3.65. The lowest BCUT2D eigenvalue weighted by molar-refractivity contribution is 0.297. The Morgan fingerprint density at radius 3 is 2.79 bits per heavy atom. The fraction of sp³-hybridized carbons (Fsp3) is 0.357. The summed E-state index contributed by atoms with van der Waals surface area (Å²) in [6.07, 6.45) is 2.57. The fourth-order valence-corrected chi connectivity index (χ4v) is 1.98. The van der Waals surface area contributed by atoms with Gasteiger partial charge in [-0.15, -0.1) is 0 Å². The van der Waals surface area contributed by atoms with Crippen molar-refractivity contribution < 1.29 is 14.0 Å². The van der Waals surface area contributed by atoms with Crippen LogP contribution in [0.5, 0.6) is 11.5 Å². The highest BCUT2D eigenvalue weighted by molar-refractivity contribution is 5.43. The molecule has 0 radical (unpaired) electrons. The Labute approximate surface area is 111 Å². The summed E-state index contributed by atoms with van der Waals surface area (Å²) in [5, 5.41) is 6.96. The van der Waals surface area contributed by atoms with Crippen LogP contribution in [0.4, 0.5) is 0 Å². The van der Waals surface area contributed by atoms with Gasteiger partial charge in [0.2, 0.25) is 0 Å². The highest BCUT2D eigenvalue weighted by Gasteiger charge is 2.10. The molecule has 5 heteroatoms. The van der Waals surface area contributed by atoms with Crippen molar-refractivity contribution in [1.29, 1.82) is 0 Å². The Bertz CT molecular complexity index is 525. The van der Waals surface area contributed by atoms with Crippen LogP contribution in [0, 0.1) is 0 Å². The van der Waals surface area contributed by atoms with Crippen LogP contribution in [-0.4, -0.2) is 18.4 Å². The third-order valence-electron chi connectivity index (χ3n) is 2.93. The molecule has 0 fully saturated rings. The minimum Gasteiger partial charge on any atom is -0.490 e. The summed E-state index contributed by atoms with van der Waals surface area (Å²) < 4.78 is 16.3. The number of aromatic nitrogens is 1. The summed E-state index contributed by atoms with van der Waals surface area (Å²) in [6.45, 7) is 2.84. The quantitative estimate of drug-likeness (QED) is 0.912. The van der Waals surface area contributed by atoms with Gasteiger partial charge in [0, 0.05) is 19.0 Å². The predicted molar refractivity (Wildman–Crippen MR) is 69.1 cm³/mol. The van der Waals surface area contributed by atoms with Crippen LogP contribution in [0.3, 0.4) is 0 Å². The van der Waals surface area contributed by atoms with Crippen molar-refractivity contribution in [3.05, 3.63) is 41.8 Å². The Morgan fingerprint density at radius 1 is 1.05 bits per heavy atom. The zero-order valence-electron chi connectivity index (χ0n) is 10.6. The molecule has 2 aromatic rings. The standard InChI is InChI=1S/C14H16N2O3/c1-6-17-13-3-2-11(8-14(13)18-7-1)9-15-10-12-4-5-16-19-12/h2-5,8,15H,1,6-7,9-10H2. The van der Waals surface area contributed by atoms with Gasteiger partial charge in [0.05, 0.1) is 26.0 Å². The molecule has 0 atom stereocenters. The van der Waals surface area contributed by atoms with Crippen molar-refractivity contribution in [1.82, 2.24) is 10.5 Å². The summed E-state index contributed by atoms with van der Waals surface area (Å²) in [5.41, 5.74) is 1.16. The van der Waals surface area contributed by atoms with Crippen molar-refractivity contribution in [2.45, 2.75) is 19.5 Å². The molecule has 1 aliphatic rings. The molecule has 0 saturated heterocycles. The second-order valence-corrected chi connectivity index (χ2v) is 4.41. The minimum atomic E-state index is 0.661. The highest BCUT2D eigenvalue weighted by Crippen LogP contribution is 2.30. The third-order valence-corrected chi connectivity index (χ3v) is 2.93. The van der Waals surface area contributed by atoms with E-state index in [0.29, 0.717) is 13.2 Å². The van der Waals surface area contributed by atoms with Crippen molar-refractivity contribution >= 4 is 0 Å². The van der Waals surface area contributed by atoms with Crippen LogP contribution in [0.25, 0.3) is 0 Å². The first kappa shape index (κ1) is 12.0. The second kappa shape index (κ2) is 5.75. The molecular weight excluding hydrogens is 244 g/mol. The van der Waals surface area contributed by atoms with Gasteiger partial charge in [-0.25, -0.2) is 0 Å². The van der Waals surface area contributed by atoms with E-state index in [0.717, 1.165) is 42.4 Å². The molecule has 3 rings (SSSR count). The maximum atomic E-state index is 5.66. The predicted octanol–water partition coefficient (Wildman–Crippen LogP) is 2.13. The van der Waals surface area contributed by atoms with Crippen molar-refractivity contribution in [2.24, 2.45) is 0 Å². The van der Waals surface area contributed by atoms with Gasteiger partial charge in [-0.05, 0) is 17.7 Å². The SMILES string of the molecule is c1cc(CNCc2ccc3c(c2)OCCCO3)on1. The third kappa shape index (κ3) is 3.06. The van der Waals surface area contributed by atoms with E-state index in [1.807, 2.05) is 24.3 Å². The van der Waals surface area contributed by atoms with Gasteiger partial charge in [0.1, 0.15) is 5.76 Å². The van der Waals surface area contributed by atoms with E-state index in [9.17, 15) is 0 Å². The average molecular weight is 260 g/mol. The van der Waals surface area contributed by atoms with E-state index in [1.54, 1.807) is 6.20 Å². The molecule has 1 aromatic heterocycles. The molecular formula is C14H16N2O3. The van der Waals surface area contributed by atoms with Crippen LogP contribution in [0.1, 0.15) is 17.7 Å². The molecule has 0 saturated carbocycles. The van der Waals surface area contributed by atoms with Gasteiger partial charge >= 0.3 is 0 Å². The molecule has 1 aromatic carbocycles. The minimum absolute atomic E-state index is 0.661. The van der Waals surface area contributed by atoms with Gasteiger partial charge in [-0.1, -0.05) is 11.2 Å². The molecule has 2 heterocycles. The summed E-state index contributed by atoms with van der Waals surface area (Å²) >= 11 is 0. The van der Waals surface area contributed by atoms with Gasteiger partial charge in [0.15, 0.2) is 11.5 Å². The lowest BCUT2D eigenvalue weighted by Crippen LogP contribution is -2.12. The summed E-state index contributed by atoms with van der Waals surface area (Å²) in [6, 6.07) is 7.88. The zero-order valence-corrected chi connectivity index (χ0v) is 10.6. The Balaban J connectivity index is 1.60. The lowest BCUT2D eigenvalue weighted by atomic mass is 10.2. The number of nitrogens with zero attached hydrogens (tertiary/aromatic N) is 1. The van der Waals surface area contributed by atoms with Crippen molar-refractivity contribution in [2.75, 3.05) is 13.2 Å². The Morgan fingerprint density at radius 2 is 1.95 bits per heavy atom. The first-order valence-corrected chi connectivity index (χ1v) is 6.40. The summed E-state index contributed by atoms with van der Waals surface area (Å²) in [7, 11) is 0. The van der Waals surface area contributed by atoms with Gasteiger partial charge in [-0.2, -0.15) is 0 Å². The van der Waals surface area contributed by atoms with Gasteiger partial charge < -0.3 is 19.3 Å². The van der Waals surface area contributed by atoms with Gasteiger partial charge in [0.25, 0.3) is 0 Å². The number of fused-ring (bicyclic) bond motifs is 1. The molecule has 5 nitrogen and oxygen atoms in total. The smallest absolute Gasteiger partial charge is 0.161 e. The number of hydrogen-bond acceptors (Lipinski definition) is 5. The van der Waals surface area contributed by atoms with E-state index in [4.69, 9.17) is 14.0 Å². The number of nitrogens with one attached hydrogen (secondary N) is 1. The molecule has 0 bridgehead atoms. The van der Waals surface area contributed by atoms with E-state index >= 15 is 0 Å². The van der Waals surface area contributed by atoms with E-state index < -0.39 is 0 Å². The lowest BCUT2D eigenvalue weighted by Gasteiger charge is -2.09. The first-order chi connectivity index (χ1) is 9.42. The summed E-state index contributed by atoms with van der Waals surface area (Å²) in [5.74, 6) is 2.49. The number of hydrogen-bond donors (Lipinski definition) is 1. The largest absolute Gasteiger partial charge is 0.490 e. The normalized spacial score (nSPS) is 14.1. The zero-order chi connectivity index (χ0) is 12.9. The monoisotopic (exact) mass is 260 g/mol. The molecule has 19 heavy (non-hydrogen) atoms. The first-order valence-electron chi connectivity index (χ1n) is 6.40. The number of benzene rings is 1. The van der Waals surface area contributed by atoms with Gasteiger partial charge in [-0.3, -0.25) is 0 Å². The highest BCUT2D eigenvalue weighted by atomic mass is 16.5. The maximum absolute atomic E-state index is 5.66. The molecule has 0 spiro atoms. The van der Waals surface area contributed by atoms with Crippen molar-refractivity contribution in [3.63, 3.8) is 0 Å². The van der Waals surface area contributed by atoms with Crippen LogP contribution in [0.2, 0.25) is 0 Å². The maximum Gasteiger partial charge on any atom is 0.161 e.